The molecule has 5 rings (SSSR count). The van der Waals surface area contributed by atoms with Crippen LogP contribution >= 0.6 is 0 Å². The minimum atomic E-state index is -0.596. The zero-order valence-electron chi connectivity index (χ0n) is 25.0. The van der Waals surface area contributed by atoms with Crippen LogP contribution in [0.4, 0.5) is 4.79 Å². The average Bonchev–Trinajstić information content (AvgIpc) is 3.59. The molecule has 2 saturated heterocycles. The molecule has 1 aromatic heterocycles. The van der Waals surface area contributed by atoms with E-state index < -0.39 is 11.7 Å². The van der Waals surface area contributed by atoms with Gasteiger partial charge in [-0.2, -0.15) is 0 Å². The van der Waals surface area contributed by atoms with Crippen LogP contribution in [0.3, 0.4) is 0 Å². The lowest BCUT2D eigenvalue weighted by molar-refractivity contribution is -0.0675. The number of rotatable bonds is 4. The van der Waals surface area contributed by atoms with Crippen molar-refractivity contribution in [1.29, 1.82) is 0 Å². The second-order valence-corrected chi connectivity index (χ2v) is 12.2. The van der Waals surface area contributed by atoms with Gasteiger partial charge in [0, 0.05) is 42.9 Å². The number of hydrogen-bond acceptors (Lipinski definition) is 6. The predicted molar refractivity (Wildman–Crippen MR) is 159 cm³/mol. The zero-order chi connectivity index (χ0) is 29.4. The van der Waals surface area contributed by atoms with Crippen LogP contribution in [-0.2, 0) is 20.8 Å². The second-order valence-electron chi connectivity index (χ2n) is 12.2. The Morgan fingerprint density at radius 2 is 1.90 bits per heavy atom. The summed E-state index contributed by atoms with van der Waals surface area (Å²) in [6, 6.07) is 11.9. The molecule has 3 aromatic rings. The molecule has 41 heavy (non-hydrogen) atoms. The van der Waals surface area contributed by atoms with E-state index in [9.17, 15) is 9.59 Å². The van der Waals surface area contributed by atoms with Gasteiger partial charge in [0.1, 0.15) is 5.60 Å². The van der Waals surface area contributed by atoms with Gasteiger partial charge in [0.2, 0.25) is 0 Å². The number of piperidine rings is 1. The summed E-state index contributed by atoms with van der Waals surface area (Å²) in [6.07, 6.45) is 5.41. The van der Waals surface area contributed by atoms with Gasteiger partial charge in [-0.1, -0.05) is 18.1 Å². The van der Waals surface area contributed by atoms with E-state index in [2.05, 4.69) is 22.8 Å². The molecule has 7 heteroatoms. The fraction of sp³-hybridized carbons (Fsp3) is 0.471. The van der Waals surface area contributed by atoms with Crippen molar-refractivity contribution in [3.63, 3.8) is 0 Å². The molecule has 0 aliphatic carbocycles. The highest BCUT2D eigenvalue weighted by Crippen LogP contribution is 2.45. The van der Waals surface area contributed by atoms with Crippen molar-refractivity contribution in [3.8, 4) is 11.8 Å². The summed E-state index contributed by atoms with van der Waals surface area (Å²) in [5, 5.41) is 1.01. The first-order chi connectivity index (χ1) is 19.5. The predicted octanol–water partition coefficient (Wildman–Crippen LogP) is 6.78. The lowest BCUT2D eigenvalue weighted by atomic mass is 9.81. The molecule has 0 amide bonds. The third-order valence-electron chi connectivity index (χ3n) is 8.24. The standard InChI is InChI=1S/C34H40N2O5/c1-7-9-26-20-23(2)30-27(14-17-36(30)32(38)41-33(3,4)5)28(26)22-35-18-16-34(15-8-19-40-34)21-29(35)24-10-12-25(13-11-24)31(37)39-6/h10-14,17,20,29H,8,15-16,18-19,21-22H2,1-6H3/t29-,34?/m0/s1. The minimum absolute atomic E-state index is 0.0975. The quantitative estimate of drug-likeness (QED) is 0.261. The van der Waals surface area contributed by atoms with Crippen LogP contribution in [0.25, 0.3) is 10.9 Å². The summed E-state index contributed by atoms with van der Waals surface area (Å²) in [7, 11) is 1.40. The van der Waals surface area contributed by atoms with Crippen LogP contribution in [0.15, 0.2) is 42.6 Å². The summed E-state index contributed by atoms with van der Waals surface area (Å²) in [5.74, 6) is 6.07. The first-order valence-electron chi connectivity index (χ1n) is 14.4. The fourth-order valence-corrected chi connectivity index (χ4v) is 6.36. The Labute approximate surface area is 242 Å². The monoisotopic (exact) mass is 556 g/mol. The van der Waals surface area contributed by atoms with E-state index in [-0.39, 0.29) is 17.6 Å². The minimum Gasteiger partial charge on any atom is -0.465 e. The number of aryl methyl sites for hydroxylation is 1. The lowest BCUT2D eigenvalue weighted by Gasteiger charge is -2.45. The number of nitrogens with zero attached hydrogens (tertiary/aromatic N) is 2. The van der Waals surface area contributed by atoms with Gasteiger partial charge < -0.3 is 14.2 Å². The topological polar surface area (TPSA) is 70.0 Å². The highest BCUT2D eigenvalue weighted by atomic mass is 16.6. The molecule has 1 unspecified atom stereocenters. The van der Waals surface area contributed by atoms with Gasteiger partial charge in [-0.3, -0.25) is 9.47 Å². The molecule has 0 N–H and O–H groups in total. The Kier molecular flexibility index (Phi) is 8.00. The number of benzene rings is 2. The Morgan fingerprint density at radius 3 is 2.54 bits per heavy atom. The molecule has 0 bridgehead atoms. The molecular weight excluding hydrogens is 516 g/mol. The lowest BCUT2D eigenvalue weighted by Crippen LogP contribution is -2.45. The molecule has 0 radical (unpaired) electrons. The van der Waals surface area contributed by atoms with Crippen molar-refractivity contribution in [3.05, 3.63) is 70.4 Å². The van der Waals surface area contributed by atoms with E-state index in [1.54, 1.807) is 10.8 Å². The van der Waals surface area contributed by atoms with Crippen LogP contribution in [0.5, 0.6) is 0 Å². The molecule has 1 spiro atoms. The smallest absolute Gasteiger partial charge is 0.419 e. The number of aromatic nitrogens is 1. The second kappa shape index (κ2) is 11.3. The third kappa shape index (κ3) is 5.91. The van der Waals surface area contributed by atoms with Crippen LogP contribution in [0.2, 0.25) is 0 Å². The van der Waals surface area contributed by atoms with Gasteiger partial charge >= 0.3 is 12.1 Å². The van der Waals surface area contributed by atoms with E-state index >= 15 is 0 Å². The van der Waals surface area contributed by atoms with Gasteiger partial charge in [-0.05, 0) is 101 Å². The number of hydrogen-bond donors (Lipinski definition) is 0. The molecule has 7 nitrogen and oxygen atoms in total. The van der Waals surface area contributed by atoms with Gasteiger partial charge in [0.25, 0.3) is 0 Å². The van der Waals surface area contributed by atoms with E-state index in [1.807, 2.05) is 65.0 Å². The molecule has 2 aliphatic rings. The summed E-state index contributed by atoms with van der Waals surface area (Å²) in [6.45, 7) is 11.8. The van der Waals surface area contributed by atoms with Crippen molar-refractivity contribution < 1.29 is 23.8 Å². The molecule has 2 atom stereocenters. The Balaban J connectivity index is 1.56. The summed E-state index contributed by atoms with van der Waals surface area (Å²) < 4.78 is 18.6. The molecule has 2 aliphatic heterocycles. The summed E-state index contributed by atoms with van der Waals surface area (Å²) in [5.41, 5.74) is 4.86. The fourth-order valence-electron chi connectivity index (χ4n) is 6.36. The first-order valence-corrected chi connectivity index (χ1v) is 14.4. The number of fused-ring (bicyclic) bond motifs is 1. The molecule has 2 fully saturated rings. The van der Waals surface area contributed by atoms with Gasteiger partial charge in [-0.25, -0.2) is 9.59 Å². The zero-order valence-corrected chi connectivity index (χ0v) is 25.0. The van der Waals surface area contributed by atoms with Crippen LogP contribution in [0, 0.1) is 18.8 Å². The Bertz CT molecular complexity index is 1510. The summed E-state index contributed by atoms with van der Waals surface area (Å²) >= 11 is 0. The van der Waals surface area contributed by atoms with Crippen LogP contribution in [-0.4, -0.2) is 53.0 Å². The number of esters is 1. The third-order valence-corrected chi connectivity index (χ3v) is 8.24. The van der Waals surface area contributed by atoms with E-state index in [1.165, 1.54) is 7.11 Å². The number of methoxy groups -OCH3 is 1. The number of carbonyl (C=O) groups excluding carboxylic acids is 2. The SMILES string of the molecule is CC#Cc1cc(C)c2c(ccn2C(=O)OC(C)(C)C)c1CN1CCC2(CCCO2)C[C@H]1c1ccc(C(=O)OC)cc1. The van der Waals surface area contributed by atoms with Crippen molar-refractivity contribution in [1.82, 2.24) is 9.47 Å². The summed E-state index contributed by atoms with van der Waals surface area (Å²) in [4.78, 5) is 27.7. The van der Waals surface area contributed by atoms with Crippen molar-refractivity contribution in [2.45, 2.75) is 84.1 Å². The van der Waals surface area contributed by atoms with Crippen molar-refractivity contribution in [2.24, 2.45) is 0 Å². The Morgan fingerprint density at radius 1 is 1.15 bits per heavy atom. The van der Waals surface area contributed by atoms with Gasteiger partial charge in [0.05, 0.1) is 23.8 Å². The number of carbonyl (C=O) groups is 2. The maximum absolute atomic E-state index is 13.1. The highest BCUT2D eigenvalue weighted by molar-refractivity contribution is 5.95. The first kappa shape index (κ1) is 28.9. The van der Waals surface area contributed by atoms with Gasteiger partial charge in [-0.15, -0.1) is 5.92 Å². The number of ether oxygens (including phenoxy) is 3. The van der Waals surface area contributed by atoms with Crippen LogP contribution in [0.1, 0.15) is 92.0 Å². The molecule has 216 valence electrons. The molecular formula is C34H40N2O5. The average molecular weight is 557 g/mol. The van der Waals surface area contributed by atoms with Crippen LogP contribution < -0.4 is 0 Å². The highest BCUT2D eigenvalue weighted by Gasteiger charge is 2.43. The van der Waals surface area contributed by atoms with Crippen molar-refractivity contribution >= 4 is 23.0 Å². The Hall–Kier alpha value is -3.60. The van der Waals surface area contributed by atoms with E-state index in [0.717, 1.165) is 72.0 Å². The largest absolute Gasteiger partial charge is 0.465 e. The molecule has 2 aromatic carbocycles. The van der Waals surface area contributed by atoms with E-state index in [0.29, 0.717) is 12.1 Å². The maximum atomic E-state index is 13.1. The van der Waals surface area contributed by atoms with Gasteiger partial charge in [0.15, 0.2) is 0 Å². The normalized spacial score (nSPS) is 21.1. The molecule has 3 heterocycles. The molecule has 0 saturated carbocycles. The maximum Gasteiger partial charge on any atom is 0.419 e. The van der Waals surface area contributed by atoms with Crippen molar-refractivity contribution in [2.75, 3.05) is 20.3 Å². The number of likely N-dealkylation sites (tertiary alicyclic amines) is 1. The van der Waals surface area contributed by atoms with E-state index in [4.69, 9.17) is 14.2 Å².